The first-order valence-electron chi connectivity index (χ1n) is 7.72. The molecule has 2 atom stereocenters. The van der Waals surface area contributed by atoms with Gasteiger partial charge >= 0.3 is 0 Å². The molecule has 1 aliphatic carbocycles. The maximum Gasteiger partial charge on any atom is 0.222 e. The first-order valence-corrected chi connectivity index (χ1v) is 7.72. The van der Waals surface area contributed by atoms with Gasteiger partial charge < -0.3 is 15.4 Å². The lowest BCUT2D eigenvalue weighted by molar-refractivity contribution is -0.131. The van der Waals surface area contributed by atoms with Crippen molar-refractivity contribution < 1.29 is 9.53 Å². The van der Waals surface area contributed by atoms with Crippen LogP contribution in [0.3, 0.4) is 0 Å². The lowest BCUT2D eigenvalue weighted by atomic mass is 9.83. The molecule has 1 saturated carbocycles. The molecule has 5 heteroatoms. The summed E-state index contributed by atoms with van der Waals surface area (Å²) < 4.78 is 5.21. The minimum absolute atomic E-state index is 0. The summed E-state index contributed by atoms with van der Waals surface area (Å²) in [7, 11) is 3.51. The monoisotopic (exact) mass is 326 g/mol. The molecule has 0 radical (unpaired) electrons. The second-order valence-corrected chi connectivity index (χ2v) is 6.01. The number of hydrogen-bond acceptors (Lipinski definition) is 3. The Labute approximate surface area is 139 Å². The third kappa shape index (κ3) is 5.18. The van der Waals surface area contributed by atoms with E-state index in [1.54, 1.807) is 12.0 Å². The maximum absolute atomic E-state index is 12.4. The fraction of sp³-hybridized carbons (Fsp3) is 0.588. The summed E-state index contributed by atoms with van der Waals surface area (Å²) in [5.41, 5.74) is 7.21. The van der Waals surface area contributed by atoms with Crippen LogP contribution in [0.2, 0.25) is 0 Å². The molecular formula is C17H27ClN2O2. The third-order valence-corrected chi connectivity index (χ3v) is 4.38. The number of nitrogens with two attached hydrogens (primary N) is 1. The second-order valence-electron chi connectivity index (χ2n) is 6.01. The zero-order valence-electron chi connectivity index (χ0n) is 13.5. The van der Waals surface area contributed by atoms with Crippen molar-refractivity contribution in [2.45, 2.75) is 44.7 Å². The van der Waals surface area contributed by atoms with Gasteiger partial charge in [-0.2, -0.15) is 0 Å². The van der Waals surface area contributed by atoms with Crippen LogP contribution in [-0.4, -0.2) is 31.0 Å². The molecule has 22 heavy (non-hydrogen) atoms. The average molecular weight is 327 g/mol. The highest BCUT2D eigenvalue weighted by atomic mass is 35.5. The number of ether oxygens (including phenoxy) is 1. The van der Waals surface area contributed by atoms with E-state index in [-0.39, 0.29) is 24.4 Å². The molecule has 1 fully saturated rings. The van der Waals surface area contributed by atoms with Gasteiger partial charge in [-0.15, -0.1) is 12.4 Å². The quantitative estimate of drug-likeness (QED) is 0.905. The van der Waals surface area contributed by atoms with E-state index in [4.69, 9.17) is 10.5 Å². The van der Waals surface area contributed by atoms with E-state index < -0.39 is 0 Å². The van der Waals surface area contributed by atoms with Crippen LogP contribution in [0.1, 0.15) is 37.7 Å². The van der Waals surface area contributed by atoms with Crippen molar-refractivity contribution in [2.24, 2.45) is 11.7 Å². The van der Waals surface area contributed by atoms with Gasteiger partial charge in [-0.1, -0.05) is 25.0 Å². The van der Waals surface area contributed by atoms with Gasteiger partial charge in [-0.05, 0) is 36.5 Å². The summed E-state index contributed by atoms with van der Waals surface area (Å²) in [5, 5.41) is 0. The zero-order valence-corrected chi connectivity index (χ0v) is 14.3. The van der Waals surface area contributed by atoms with E-state index >= 15 is 0 Å². The van der Waals surface area contributed by atoms with Gasteiger partial charge in [0, 0.05) is 26.1 Å². The van der Waals surface area contributed by atoms with Gasteiger partial charge in [-0.25, -0.2) is 0 Å². The van der Waals surface area contributed by atoms with E-state index in [1.807, 2.05) is 31.3 Å². The number of hydrogen-bond donors (Lipinski definition) is 1. The van der Waals surface area contributed by atoms with Gasteiger partial charge in [0.1, 0.15) is 5.75 Å². The first-order chi connectivity index (χ1) is 10.1. The van der Waals surface area contributed by atoms with Crippen LogP contribution in [0.4, 0.5) is 0 Å². The standard InChI is InChI=1S/C17H26N2O2.ClH/c1-19(12-13-6-5-8-15(10-13)21-2)17(20)11-14-7-3-4-9-16(14)18;/h5-6,8,10,14,16H,3-4,7,9,11-12,18H2,1-2H3;1H. The van der Waals surface area contributed by atoms with E-state index in [0.29, 0.717) is 18.9 Å². The Morgan fingerprint density at radius 1 is 1.36 bits per heavy atom. The Hall–Kier alpha value is -1.26. The fourth-order valence-electron chi connectivity index (χ4n) is 3.00. The lowest BCUT2D eigenvalue weighted by Gasteiger charge is -2.29. The van der Waals surface area contributed by atoms with E-state index in [0.717, 1.165) is 24.2 Å². The third-order valence-electron chi connectivity index (χ3n) is 4.38. The summed E-state index contributed by atoms with van der Waals surface area (Å²) in [6.07, 6.45) is 5.11. The predicted molar refractivity (Wildman–Crippen MR) is 91.3 cm³/mol. The van der Waals surface area contributed by atoms with Crippen LogP contribution in [0.25, 0.3) is 0 Å². The maximum atomic E-state index is 12.4. The molecule has 0 aliphatic heterocycles. The SMILES string of the molecule is COc1cccc(CN(C)C(=O)CC2CCCCC2N)c1.Cl. The van der Waals surface area contributed by atoms with Crippen molar-refractivity contribution in [1.82, 2.24) is 4.90 Å². The Kier molecular flexibility index (Phi) is 7.69. The number of carbonyl (C=O) groups is 1. The molecule has 0 aromatic heterocycles. The molecule has 1 aromatic carbocycles. The summed E-state index contributed by atoms with van der Waals surface area (Å²) in [5.74, 6) is 1.35. The van der Waals surface area contributed by atoms with Gasteiger partial charge in [0.25, 0.3) is 0 Å². The number of halogens is 1. The largest absolute Gasteiger partial charge is 0.497 e. The molecule has 0 heterocycles. The minimum Gasteiger partial charge on any atom is -0.497 e. The van der Waals surface area contributed by atoms with Crippen molar-refractivity contribution in [3.8, 4) is 5.75 Å². The molecule has 2 unspecified atom stereocenters. The molecule has 2 N–H and O–H groups in total. The summed E-state index contributed by atoms with van der Waals surface area (Å²) in [6, 6.07) is 8.03. The Balaban J connectivity index is 0.00000242. The highest BCUT2D eigenvalue weighted by Gasteiger charge is 2.25. The number of carbonyl (C=O) groups excluding carboxylic acids is 1. The predicted octanol–water partition coefficient (Wildman–Crippen LogP) is 2.98. The average Bonchev–Trinajstić information content (AvgIpc) is 2.49. The van der Waals surface area contributed by atoms with Crippen molar-refractivity contribution in [3.63, 3.8) is 0 Å². The molecular weight excluding hydrogens is 300 g/mol. The van der Waals surface area contributed by atoms with Gasteiger partial charge in [0.15, 0.2) is 0 Å². The lowest BCUT2D eigenvalue weighted by Crippen LogP contribution is -2.37. The fourth-order valence-corrected chi connectivity index (χ4v) is 3.00. The molecule has 4 nitrogen and oxygen atoms in total. The summed E-state index contributed by atoms with van der Waals surface area (Å²) in [4.78, 5) is 14.1. The van der Waals surface area contributed by atoms with Crippen LogP contribution in [-0.2, 0) is 11.3 Å². The molecule has 1 amide bonds. The van der Waals surface area contributed by atoms with E-state index in [1.165, 1.54) is 12.8 Å². The number of amides is 1. The highest BCUT2D eigenvalue weighted by Crippen LogP contribution is 2.26. The first kappa shape index (κ1) is 18.8. The van der Waals surface area contributed by atoms with Crippen LogP contribution in [0, 0.1) is 5.92 Å². The van der Waals surface area contributed by atoms with Crippen molar-refractivity contribution >= 4 is 18.3 Å². The number of rotatable bonds is 5. The molecule has 1 aliphatic rings. The zero-order chi connectivity index (χ0) is 15.2. The van der Waals surface area contributed by atoms with Crippen molar-refractivity contribution in [3.05, 3.63) is 29.8 Å². The van der Waals surface area contributed by atoms with Gasteiger partial charge in [0.05, 0.1) is 7.11 Å². The van der Waals surface area contributed by atoms with E-state index in [2.05, 4.69) is 0 Å². The highest BCUT2D eigenvalue weighted by molar-refractivity contribution is 5.85. The number of nitrogens with zero attached hydrogens (tertiary/aromatic N) is 1. The minimum atomic E-state index is 0. The summed E-state index contributed by atoms with van der Waals surface area (Å²) in [6.45, 7) is 0.609. The molecule has 0 spiro atoms. The Bertz CT molecular complexity index is 481. The van der Waals surface area contributed by atoms with Crippen LogP contribution in [0.5, 0.6) is 5.75 Å². The molecule has 2 rings (SSSR count). The topological polar surface area (TPSA) is 55.6 Å². The Morgan fingerprint density at radius 3 is 2.77 bits per heavy atom. The van der Waals surface area contributed by atoms with E-state index in [9.17, 15) is 4.79 Å². The van der Waals surface area contributed by atoms with Crippen molar-refractivity contribution in [1.29, 1.82) is 0 Å². The van der Waals surface area contributed by atoms with Crippen molar-refractivity contribution in [2.75, 3.05) is 14.2 Å². The summed E-state index contributed by atoms with van der Waals surface area (Å²) >= 11 is 0. The number of methoxy groups -OCH3 is 1. The molecule has 0 saturated heterocycles. The number of benzene rings is 1. The normalized spacial score (nSPS) is 20.9. The van der Waals surface area contributed by atoms with Crippen LogP contribution < -0.4 is 10.5 Å². The van der Waals surface area contributed by atoms with Gasteiger partial charge in [0.2, 0.25) is 5.91 Å². The van der Waals surface area contributed by atoms with Crippen LogP contribution in [0.15, 0.2) is 24.3 Å². The smallest absolute Gasteiger partial charge is 0.222 e. The van der Waals surface area contributed by atoms with Gasteiger partial charge in [-0.3, -0.25) is 4.79 Å². The molecule has 124 valence electrons. The molecule has 1 aromatic rings. The second kappa shape index (κ2) is 9.01. The Morgan fingerprint density at radius 2 is 2.09 bits per heavy atom. The van der Waals surface area contributed by atoms with Crippen LogP contribution >= 0.6 is 12.4 Å². The molecule has 0 bridgehead atoms.